The second-order valence-electron chi connectivity index (χ2n) is 11.5. The van der Waals surface area contributed by atoms with Gasteiger partial charge in [-0.15, -0.1) is 0 Å². The summed E-state index contributed by atoms with van der Waals surface area (Å²) in [5, 5.41) is 11.2. The molecule has 1 aliphatic rings. The molecule has 4 rings (SSSR count). The van der Waals surface area contributed by atoms with E-state index < -0.39 is 22.7 Å². The van der Waals surface area contributed by atoms with E-state index in [9.17, 15) is 9.59 Å². The molecule has 3 aromatic rings. The van der Waals surface area contributed by atoms with Crippen molar-refractivity contribution in [1.82, 2.24) is 25.1 Å². The number of hydrogen-bond acceptors (Lipinski definition) is 8. The maximum Gasteiger partial charge on any atom is 0.410 e. The van der Waals surface area contributed by atoms with Crippen LogP contribution in [0.25, 0.3) is 11.4 Å². The third-order valence-corrected chi connectivity index (χ3v) is 6.03. The molecule has 0 radical (unpaired) electrons. The zero-order chi connectivity index (χ0) is 27.6. The largest absolute Gasteiger partial charge is 0.456 e. The number of aromatic nitrogens is 4. The van der Waals surface area contributed by atoms with Gasteiger partial charge in [0, 0.05) is 36.7 Å². The summed E-state index contributed by atoms with van der Waals surface area (Å²) in [7, 11) is 0. The average Bonchev–Trinajstić information content (AvgIpc) is 3.34. The van der Waals surface area contributed by atoms with Crippen LogP contribution in [0.3, 0.4) is 0 Å². The Bertz CT molecular complexity index is 1270. The number of hydrogen-bond donors (Lipinski definition) is 2. The Morgan fingerprint density at radius 1 is 0.974 bits per heavy atom. The predicted molar refractivity (Wildman–Crippen MR) is 144 cm³/mol. The highest BCUT2D eigenvalue weighted by Crippen LogP contribution is 2.36. The van der Waals surface area contributed by atoms with Gasteiger partial charge in [0.25, 0.3) is 0 Å². The zero-order valence-corrected chi connectivity index (χ0v) is 22.9. The molecule has 0 bridgehead atoms. The first kappa shape index (κ1) is 27.1. The van der Waals surface area contributed by atoms with E-state index in [1.807, 2.05) is 65.8 Å². The molecule has 1 fully saturated rings. The van der Waals surface area contributed by atoms with Crippen LogP contribution < -0.4 is 5.32 Å². The van der Waals surface area contributed by atoms with Gasteiger partial charge in [-0.25, -0.2) is 14.6 Å². The van der Waals surface area contributed by atoms with Crippen molar-refractivity contribution in [2.75, 3.05) is 18.4 Å². The first-order chi connectivity index (χ1) is 17.8. The van der Waals surface area contributed by atoms with Crippen LogP contribution in [0.5, 0.6) is 0 Å². The van der Waals surface area contributed by atoms with Gasteiger partial charge in [0.15, 0.2) is 11.6 Å². The van der Waals surface area contributed by atoms with Gasteiger partial charge in [-0.1, -0.05) is 6.07 Å². The van der Waals surface area contributed by atoms with Crippen molar-refractivity contribution >= 4 is 17.7 Å². The number of piperidine rings is 1. The third kappa shape index (κ3) is 6.67. The van der Waals surface area contributed by atoms with Crippen molar-refractivity contribution in [2.45, 2.75) is 71.1 Å². The lowest BCUT2D eigenvalue weighted by Gasteiger charge is -2.41. The smallest absolute Gasteiger partial charge is 0.410 e. The van der Waals surface area contributed by atoms with Crippen LogP contribution in [-0.4, -0.2) is 61.4 Å². The first-order valence-corrected chi connectivity index (χ1v) is 12.8. The van der Waals surface area contributed by atoms with Gasteiger partial charge in [0.2, 0.25) is 0 Å². The second kappa shape index (κ2) is 10.4. The number of aromatic amines is 1. The fourth-order valence-corrected chi connectivity index (χ4v) is 4.26. The van der Waals surface area contributed by atoms with E-state index in [-0.39, 0.29) is 6.09 Å². The quantitative estimate of drug-likeness (QED) is 0.442. The number of carbonyl (C=O) groups is 2. The van der Waals surface area contributed by atoms with Gasteiger partial charge in [-0.2, -0.15) is 5.10 Å². The lowest BCUT2D eigenvalue weighted by Crippen LogP contribution is -2.50. The molecule has 2 N–H and O–H groups in total. The molecule has 1 amide bonds. The Morgan fingerprint density at radius 2 is 1.63 bits per heavy atom. The van der Waals surface area contributed by atoms with Crippen molar-refractivity contribution in [1.29, 1.82) is 0 Å². The van der Waals surface area contributed by atoms with Crippen molar-refractivity contribution < 1.29 is 19.1 Å². The van der Waals surface area contributed by atoms with E-state index >= 15 is 0 Å². The number of pyridine rings is 1. The van der Waals surface area contributed by atoms with Crippen molar-refractivity contribution in [3.05, 3.63) is 60.2 Å². The number of amides is 1. The minimum atomic E-state index is -0.663. The number of carbonyl (C=O) groups excluding carboxylic acids is 2. The monoisotopic (exact) mass is 520 g/mol. The Kier molecular flexibility index (Phi) is 7.44. The van der Waals surface area contributed by atoms with E-state index in [2.05, 4.69) is 20.5 Å². The summed E-state index contributed by atoms with van der Waals surface area (Å²) >= 11 is 0. The summed E-state index contributed by atoms with van der Waals surface area (Å²) in [5.41, 5.74) is 0.192. The molecule has 202 valence electrons. The number of likely N-dealkylation sites (tertiary alicyclic amines) is 1. The van der Waals surface area contributed by atoms with Crippen molar-refractivity contribution in [2.24, 2.45) is 0 Å². The molecule has 10 nitrogen and oxygen atoms in total. The van der Waals surface area contributed by atoms with E-state index in [1.165, 1.54) is 0 Å². The standard InChI is InChI=1S/C28H36N6O4/c1-26(2,3)37-23(35)20-8-7-9-21(18-20)31-28(12-16-34(17-13-28)25(36)38-27(4,5)6)24-30-22(32-33-24)19-10-14-29-15-11-19/h7-11,14-15,18,31H,12-13,16-17H2,1-6H3,(H,30,32,33). The van der Waals surface area contributed by atoms with E-state index in [0.717, 1.165) is 11.3 Å². The fraction of sp³-hybridized carbons (Fsp3) is 0.464. The van der Waals surface area contributed by atoms with Crippen LogP contribution in [0.1, 0.15) is 70.6 Å². The maximum absolute atomic E-state index is 12.7. The molecule has 0 aliphatic carbocycles. The highest BCUT2D eigenvalue weighted by Gasteiger charge is 2.41. The van der Waals surface area contributed by atoms with Crippen LogP contribution in [-0.2, 0) is 15.0 Å². The summed E-state index contributed by atoms with van der Waals surface area (Å²) in [6, 6.07) is 10.9. The number of nitrogens with one attached hydrogen (secondary N) is 2. The molecule has 1 aliphatic heterocycles. The molecule has 2 aromatic heterocycles. The predicted octanol–water partition coefficient (Wildman–Crippen LogP) is 5.16. The summed E-state index contributed by atoms with van der Waals surface area (Å²) in [4.78, 5) is 36.0. The van der Waals surface area contributed by atoms with Gasteiger partial charge in [0.1, 0.15) is 16.7 Å². The summed E-state index contributed by atoms with van der Waals surface area (Å²) in [5.74, 6) is 0.811. The number of anilines is 1. The number of rotatable bonds is 5. The average molecular weight is 521 g/mol. The first-order valence-electron chi connectivity index (χ1n) is 12.8. The minimum Gasteiger partial charge on any atom is -0.456 e. The van der Waals surface area contributed by atoms with Crippen LogP contribution in [0.15, 0.2) is 48.8 Å². The van der Waals surface area contributed by atoms with Crippen LogP contribution in [0, 0.1) is 0 Å². The topological polar surface area (TPSA) is 122 Å². The van der Waals surface area contributed by atoms with Crippen LogP contribution in [0.4, 0.5) is 10.5 Å². The Hall–Kier alpha value is -3.95. The molecule has 3 heterocycles. The Labute approximate surface area is 223 Å². The van der Waals surface area contributed by atoms with Crippen LogP contribution in [0.2, 0.25) is 0 Å². The number of H-pyrrole nitrogens is 1. The zero-order valence-electron chi connectivity index (χ0n) is 22.9. The van der Waals surface area contributed by atoms with Crippen molar-refractivity contribution in [3.63, 3.8) is 0 Å². The van der Waals surface area contributed by atoms with Crippen LogP contribution >= 0.6 is 0 Å². The normalized spacial score (nSPS) is 15.6. The summed E-state index contributed by atoms with van der Waals surface area (Å²) < 4.78 is 11.1. The molecular weight excluding hydrogens is 484 g/mol. The van der Waals surface area contributed by atoms with Gasteiger partial charge >= 0.3 is 12.1 Å². The summed E-state index contributed by atoms with van der Waals surface area (Å²) in [6.07, 6.45) is 4.15. The molecule has 38 heavy (non-hydrogen) atoms. The fourth-order valence-electron chi connectivity index (χ4n) is 4.26. The number of esters is 1. The molecule has 10 heteroatoms. The molecule has 1 aromatic carbocycles. The Balaban J connectivity index is 1.62. The van der Waals surface area contributed by atoms with Gasteiger partial charge < -0.3 is 19.7 Å². The molecule has 0 unspecified atom stereocenters. The molecule has 0 spiro atoms. The minimum absolute atomic E-state index is 0.340. The lowest BCUT2D eigenvalue weighted by molar-refractivity contribution is 0.00679. The van der Waals surface area contributed by atoms with Gasteiger partial charge in [-0.3, -0.25) is 10.1 Å². The highest BCUT2D eigenvalue weighted by atomic mass is 16.6. The summed E-state index contributed by atoms with van der Waals surface area (Å²) in [6.45, 7) is 12.0. The lowest BCUT2D eigenvalue weighted by atomic mass is 9.86. The maximum atomic E-state index is 12.7. The molecule has 1 saturated heterocycles. The van der Waals surface area contributed by atoms with E-state index in [1.54, 1.807) is 29.4 Å². The SMILES string of the molecule is CC(C)(C)OC(=O)c1cccc(NC2(c3nc(-c4ccncc4)n[nH]3)CCN(C(=O)OC(C)(C)C)CC2)c1. The second-order valence-corrected chi connectivity index (χ2v) is 11.5. The number of nitrogens with zero attached hydrogens (tertiary/aromatic N) is 4. The van der Waals surface area contributed by atoms with Gasteiger partial charge in [-0.05, 0) is 84.7 Å². The third-order valence-electron chi connectivity index (χ3n) is 6.03. The Morgan fingerprint density at radius 3 is 2.26 bits per heavy atom. The number of benzene rings is 1. The molecule has 0 saturated carbocycles. The number of ether oxygens (including phenoxy) is 2. The van der Waals surface area contributed by atoms with Gasteiger partial charge in [0.05, 0.1) is 5.56 Å². The molecule has 0 atom stereocenters. The van der Waals surface area contributed by atoms with E-state index in [4.69, 9.17) is 14.5 Å². The van der Waals surface area contributed by atoms with E-state index in [0.29, 0.717) is 43.1 Å². The van der Waals surface area contributed by atoms with Crippen molar-refractivity contribution in [3.8, 4) is 11.4 Å². The highest BCUT2D eigenvalue weighted by molar-refractivity contribution is 5.90. The molecular formula is C28H36N6O4.